The second kappa shape index (κ2) is 1.85. The lowest BCUT2D eigenvalue weighted by Gasteiger charge is -1.68. The number of hydrogen-bond acceptors (Lipinski definition) is 1. The highest BCUT2D eigenvalue weighted by atomic mass is 35.5. The molecule has 0 unspecified atom stereocenters. The lowest BCUT2D eigenvalue weighted by atomic mass is 10.5. The average Bonchev–Trinajstić information content (AvgIpc) is 1.87. The van der Waals surface area contributed by atoms with Crippen molar-refractivity contribution in [3.63, 3.8) is 0 Å². The van der Waals surface area contributed by atoms with Crippen LogP contribution in [0.3, 0.4) is 0 Å². The van der Waals surface area contributed by atoms with Gasteiger partial charge in [-0.25, -0.2) is 0 Å². The van der Waals surface area contributed by atoms with Crippen LogP contribution in [-0.4, -0.2) is 0 Å². The van der Waals surface area contributed by atoms with Crippen LogP contribution in [-0.2, 0) is 0 Å². The summed E-state index contributed by atoms with van der Waals surface area (Å²) in [4.78, 5) is 1.27. The molecule has 0 saturated carbocycles. The smallest absolute Gasteiger partial charge is 0.0515 e. The van der Waals surface area contributed by atoms with Crippen molar-refractivity contribution in [2.24, 2.45) is 0 Å². The maximum atomic E-state index is 5.57. The van der Waals surface area contributed by atoms with E-state index in [1.807, 2.05) is 18.4 Å². The quantitative estimate of drug-likeness (QED) is 0.509. The van der Waals surface area contributed by atoms with Crippen LogP contribution in [0.4, 0.5) is 0 Å². The fourth-order valence-electron chi connectivity index (χ4n) is 0.411. The molecule has 0 spiro atoms. The molecule has 0 N–H and O–H groups in total. The van der Waals surface area contributed by atoms with Crippen molar-refractivity contribution in [2.45, 2.75) is 6.92 Å². The molecule has 0 aromatic carbocycles. The highest BCUT2D eigenvalue weighted by Gasteiger charge is 1.86. The van der Waals surface area contributed by atoms with E-state index in [2.05, 4.69) is 0 Å². The van der Waals surface area contributed by atoms with E-state index in [0.29, 0.717) is 0 Å². The molecule has 0 aliphatic carbocycles. The van der Waals surface area contributed by atoms with E-state index in [1.54, 1.807) is 11.3 Å². The number of thiophene rings is 1. The molecule has 0 nitrogen and oxygen atoms in total. The molecule has 38 valence electrons. The Morgan fingerprint density at radius 1 is 1.71 bits per heavy atom. The third-order valence-corrected chi connectivity index (χ3v) is 1.91. The third-order valence-electron chi connectivity index (χ3n) is 0.699. The summed E-state index contributed by atoms with van der Waals surface area (Å²) >= 11 is 7.24. The van der Waals surface area contributed by atoms with Crippen LogP contribution < -0.4 is 0 Å². The van der Waals surface area contributed by atoms with Crippen LogP contribution in [0, 0.1) is 6.92 Å². The number of aryl methyl sites for hydroxylation is 1. The van der Waals surface area contributed by atoms with E-state index >= 15 is 0 Å². The van der Waals surface area contributed by atoms with Gasteiger partial charge < -0.3 is 0 Å². The first-order valence-electron chi connectivity index (χ1n) is 1.99. The Bertz CT molecular complexity index is 140. The Hall–Kier alpha value is -0.0100. The van der Waals surface area contributed by atoms with Gasteiger partial charge in [-0.05, 0) is 13.0 Å². The van der Waals surface area contributed by atoms with Crippen LogP contribution in [0.15, 0.2) is 11.4 Å². The van der Waals surface area contributed by atoms with E-state index in [-0.39, 0.29) is 0 Å². The summed E-state index contributed by atoms with van der Waals surface area (Å²) in [5, 5.41) is 2.78. The maximum absolute atomic E-state index is 5.57. The van der Waals surface area contributed by atoms with Crippen LogP contribution >= 0.6 is 22.9 Å². The van der Waals surface area contributed by atoms with Gasteiger partial charge in [-0.15, -0.1) is 11.3 Å². The molecule has 0 aliphatic rings. The SMILES string of the molecule is Cc1cc(Cl)cs1. The minimum atomic E-state index is 0.850. The van der Waals surface area contributed by atoms with E-state index < -0.39 is 0 Å². The first kappa shape index (κ1) is 5.13. The number of rotatable bonds is 0. The second-order valence-electron chi connectivity index (χ2n) is 1.38. The van der Waals surface area contributed by atoms with Gasteiger partial charge in [0.1, 0.15) is 0 Å². The highest BCUT2D eigenvalue weighted by Crippen LogP contribution is 2.16. The molecule has 1 aromatic heterocycles. The molecule has 0 radical (unpaired) electrons. The third kappa shape index (κ3) is 1.18. The Balaban J connectivity index is 3.04. The van der Waals surface area contributed by atoms with Gasteiger partial charge in [-0.3, -0.25) is 0 Å². The lowest BCUT2D eigenvalue weighted by molar-refractivity contribution is 1.64. The standard InChI is InChI=1S/C5H5ClS/c1-4-2-5(6)3-7-4/h2-3H,1H3. The van der Waals surface area contributed by atoms with Gasteiger partial charge in [0.15, 0.2) is 0 Å². The first-order valence-corrected chi connectivity index (χ1v) is 3.25. The van der Waals surface area contributed by atoms with E-state index in [0.717, 1.165) is 5.02 Å². The summed E-state index contributed by atoms with van der Waals surface area (Å²) in [6.07, 6.45) is 0. The molecule has 0 saturated heterocycles. The molecule has 2 heteroatoms. The highest BCUT2D eigenvalue weighted by molar-refractivity contribution is 7.10. The summed E-state index contributed by atoms with van der Waals surface area (Å²) in [6.45, 7) is 2.04. The van der Waals surface area contributed by atoms with Crippen LogP contribution in [0.25, 0.3) is 0 Å². The molecule has 1 rings (SSSR count). The molecule has 7 heavy (non-hydrogen) atoms. The van der Waals surface area contributed by atoms with Gasteiger partial charge in [-0.1, -0.05) is 11.6 Å². The Morgan fingerprint density at radius 3 is 2.57 bits per heavy atom. The van der Waals surface area contributed by atoms with Gasteiger partial charge in [0.05, 0.1) is 5.02 Å². The largest absolute Gasteiger partial charge is 0.148 e. The van der Waals surface area contributed by atoms with Gasteiger partial charge >= 0.3 is 0 Å². The monoisotopic (exact) mass is 132 g/mol. The average molecular weight is 133 g/mol. The fourth-order valence-corrected chi connectivity index (χ4v) is 1.33. The molecule has 0 amide bonds. The normalized spacial score (nSPS) is 9.43. The zero-order chi connectivity index (χ0) is 5.28. The zero-order valence-electron chi connectivity index (χ0n) is 3.94. The van der Waals surface area contributed by atoms with Gasteiger partial charge in [-0.2, -0.15) is 0 Å². The Labute approximate surface area is 51.7 Å². The molecule has 1 aromatic rings. The minimum absolute atomic E-state index is 0.850. The predicted molar refractivity (Wildman–Crippen MR) is 34.1 cm³/mol. The van der Waals surface area contributed by atoms with Crippen molar-refractivity contribution in [3.05, 3.63) is 21.3 Å². The topological polar surface area (TPSA) is 0 Å². The fraction of sp³-hybridized carbons (Fsp3) is 0.200. The second-order valence-corrected chi connectivity index (χ2v) is 2.93. The molecular weight excluding hydrogens is 128 g/mol. The molecule has 0 atom stereocenters. The van der Waals surface area contributed by atoms with Gasteiger partial charge in [0.2, 0.25) is 0 Å². The molecule has 0 aliphatic heterocycles. The summed E-state index contributed by atoms with van der Waals surface area (Å²) in [6, 6.07) is 1.95. The predicted octanol–water partition coefficient (Wildman–Crippen LogP) is 2.71. The molecule has 0 bridgehead atoms. The number of halogens is 1. The maximum Gasteiger partial charge on any atom is 0.0515 e. The van der Waals surface area contributed by atoms with Crippen molar-refractivity contribution < 1.29 is 0 Å². The summed E-state index contributed by atoms with van der Waals surface area (Å²) in [7, 11) is 0. The summed E-state index contributed by atoms with van der Waals surface area (Å²) in [5.41, 5.74) is 0. The van der Waals surface area contributed by atoms with Crippen molar-refractivity contribution in [2.75, 3.05) is 0 Å². The van der Waals surface area contributed by atoms with Crippen molar-refractivity contribution >= 4 is 22.9 Å². The van der Waals surface area contributed by atoms with E-state index in [4.69, 9.17) is 11.6 Å². The summed E-state index contributed by atoms with van der Waals surface area (Å²) < 4.78 is 0. The molecule has 0 fully saturated rings. The van der Waals surface area contributed by atoms with Gasteiger partial charge in [0.25, 0.3) is 0 Å². The van der Waals surface area contributed by atoms with Crippen molar-refractivity contribution in [3.8, 4) is 0 Å². The van der Waals surface area contributed by atoms with Crippen LogP contribution in [0.5, 0.6) is 0 Å². The van der Waals surface area contributed by atoms with Gasteiger partial charge in [0, 0.05) is 10.3 Å². The first-order chi connectivity index (χ1) is 3.29. The Morgan fingerprint density at radius 2 is 2.43 bits per heavy atom. The molecule has 1 heterocycles. The number of hydrogen-bond donors (Lipinski definition) is 0. The lowest BCUT2D eigenvalue weighted by Crippen LogP contribution is -1.46. The van der Waals surface area contributed by atoms with E-state index in [1.165, 1.54) is 4.88 Å². The van der Waals surface area contributed by atoms with E-state index in [9.17, 15) is 0 Å². The summed E-state index contributed by atoms with van der Waals surface area (Å²) in [5.74, 6) is 0. The molecular formula is C5H5ClS. The van der Waals surface area contributed by atoms with Crippen LogP contribution in [0.2, 0.25) is 5.02 Å². The zero-order valence-corrected chi connectivity index (χ0v) is 5.51. The van der Waals surface area contributed by atoms with Crippen molar-refractivity contribution in [1.29, 1.82) is 0 Å². The van der Waals surface area contributed by atoms with Crippen LogP contribution in [0.1, 0.15) is 4.88 Å². The van der Waals surface area contributed by atoms with Crippen molar-refractivity contribution in [1.82, 2.24) is 0 Å². The minimum Gasteiger partial charge on any atom is -0.148 e. The Kier molecular flexibility index (Phi) is 1.35.